The van der Waals surface area contributed by atoms with Crippen molar-refractivity contribution >= 4 is 17.7 Å². The first kappa shape index (κ1) is 20.8. The van der Waals surface area contributed by atoms with E-state index in [1.54, 1.807) is 0 Å². The van der Waals surface area contributed by atoms with Crippen LogP contribution in [-0.2, 0) is 9.47 Å². The van der Waals surface area contributed by atoms with Gasteiger partial charge in [0.15, 0.2) is 0 Å². The van der Waals surface area contributed by atoms with Crippen LogP contribution in [0.25, 0.3) is 0 Å². The number of carbonyl (C=O) groups is 1. The fourth-order valence-electron chi connectivity index (χ4n) is 1.75. The molecule has 0 heterocycles. The van der Waals surface area contributed by atoms with E-state index < -0.39 is 6.09 Å². The summed E-state index contributed by atoms with van der Waals surface area (Å²) in [4.78, 5) is 13.1. The summed E-state index contributed by atoms with van der Waals surface area (Å²) >= 11 is 5.86. The maximum atomic E-state index is 10.9. The van der Waals surface area contributed by atoms with Gasteiger partial charge in [0.25, 0.3) is 0 Å². The van der Waals surface area contributed by atoms with Gasteiger partial charge in [-0.1, -0.05) is 6.58 Å². The minimum absolute atomic E-state index is 0.246. The van der Waals surface area contributed by atoms with Gasteiger partial charge in [0.05, 0.1) is 19.5 Å². The minimum atomic E-state index is -0.487. The van der Waals surface area contributed by atoms with Crippen LogP contribution in [0.1, 0.15) is 13.8 Å². The standard InChI is InChI=1S/C15H28ClN3O3/c1-12(2)19(7-5-17)11-13(3)9-14(10-16)22-8-6-18-15(20)21-4/h9,12H,3,5-8,10-11,17H2,1-2,4H3,(H,18,20)/b14-9+. The molecule has 0 aliphatic carbocycles. The molecule has 0 radical (unpaired) electrons. The van der Waals surface area contributed by atoms with Gasteiger partial charge in [0, 0.05) is 25.7 Å². The summed E-state index contributed by atoms with van der Waals surface area (Å²) in [6.45, 7) is 11.0. The van der Waals surface area contributed by atoms with Gasteiger partial charge in [0.2, 0.25) is 0 Å². The second-order valence-electron chi connectivity index (χ2n) is 5.02. The molecular weight excluding hydrogens is 306 g/mol. The van der Waals surface area contributed by atoms with Crippen LogP contribution >= 0.6 is 11.6 Å². The Bertz CT molecular complexity index is 373. The number of hydrogen-bond donors (Lipinski definition) is 2. The summed E-state index contributed by atoms with van der Waals surface area (Å²) in [5.74, 6) is 0.866. The second kappa shape index (κ2) is 12.3. The molecule has 0 rings (SSSR count). The molecule has 0 aromatic carbocycles. The van der Waals surface area contributed by atoms with Gasteiger partial charge in [-0.25, -0.2) is 4.79 Å². The Morgan fingerprint density at radius 1 is 1.50 bits per heavy atom. The lowest BCUT2D eigenvalue weighted by Crippen LogP contribution is -2.36. The quantitative estimate of drug-likeness (QED) is 0.260. The first-order valence-corrected chi connectivity index (χ1v) is 7.81. The van der Waals surface area contributed by atoms with Gasteiger partial charge in [-0.05, 0) is 25.5 Å². The van der Waals surface area contributed by atoms with Crippen LogP contribution in [0.4, 0.5) is 4.79 Å². The van der Waals surface area contributed by atoms with Crippen molar-refractivity contribution in [1.29, 1.82) is 0 Å². The van der Waals surface area contributed by atoms with Crippen molar-refractivity contribution in [3.8, 4) is 0 Å². The Labute approximate surface area is 138 Å². The zero-order valence-corrected chi connectivity index (χ0v) is 14.5. The SMILES string of the molecule is C=C(/C=C(\CCl)OCCNC(=O)OC)CN(CCN)C(C)C. The Morgan fingerprint density at radius 3 is 2.68 bits per heavy atom. The molecule has 0 fully saturated rings. The highest BCUT2D eigenvalue weighted by molar-refractivity contribution is 6.19. The molecule has 7 heteroatoms. The average molecular weight is 334 g/mol. The number of ether oxygens (including phenoxy) is 2. The molecule has 6 nitrogen and oxygen atoms in total. The van der Waals surface area contributed by atoms with Crippen molar-refractivity contribution in [3.63, 3.8) is 0 Å². The van der Waals surface area contributed by atoms with Gasteiger partial charge in [-0.3, -0.25) is 4.90 Å². The Hall–Kier alpha value is -1.24. The van der Waals surface area contributed by atoms with Crippen molar-refractivity contribution in [3.05, 3.63) is 24.0 Å². The van der Waals surface area contributed by atoms with E-state index in [0.29, 0.717) is 38.0 Å². The summed E-state index contributed by atoms with van der Waals surface area (Å²) in [5, 5.41) is 2.53. The van der Waals surface area contributed by atoms with Crippen molar-refractivity contribution in [2.24, 2.45) is 5.73 Å². The second-order valence-corrected chi connectivity index (χ2v) is 5.29. The molecule has 0 aliphatic heterocycles. The zero-order chi connectivity index (χ0) is 17.0. The monoisotopic (exact) mass is 333 g/mol. The van der Waals surface area contributed by atoms with Gasteiger partial charge in [0.1, 0.15) is 12.4 Å². The summed E-state index contributed by atoms with van der Waals surface area (Å²) in [7, 11) is 1.31. The normalized spacial score (nSPS) is 11.7. The molecule has 0 aromatic heterocycles. The zero-order valence-electron chi connectivity index (χ0n) is 13.7. The van der Waals surface area contributed by atoms with E-state index in [-0.39, 0.29) is 5.88 Å². The molecule has 0 aliphatic rings. The highest BCUT2D eigenvalue weighted by Gasteiger charge is 2.09. The van der Waals surface area contributed by atoms with Gasteiger partial charge < -0.3 is 20.5 Å². The van der Waals surface area contributed by atoms with E-state index in [9.17, 15) is 4.79 Å². The predicted molar refractivity (Wildman–Crippen MR) is 90.1 cm³/mol. The smallest absolute Gasteiger partial charge is 0.406 e. The largest absolute Gasteiger partial charge is 0.495 e. The molecule has 22 heavy (non-hydrogen) atoms. The average Bonchev–Trinajstić information content (AvgIpc) is 2.49. The number of methoxy groups -OCH3 is 1. The first-order valence-electron chi connectivity index (χ1n) is 7.27. The van der Waals surface area contributed by atoms with Gasteiger partial charge >= 0.3 is 6.09 Å². The van der Waals surface area contributed by atoms with Crippen LogP contribution in [0, 0.1) is 0 Å². The lowest BCUT2D eigenvalue weighted by Gasteiger charge is -2.26. The van der Waals surface area contributed by atoms with Crippen LogP contribution < -0.4 is 11.1 Å². The fraction of sp³-hybridized carbons (Fsp3) is 0.667. The molecule has 1 amide bonds. The van der Waals surface area contributed by atoms with Crippen molar-refractivity contribution in [2.45, 2.75) is 19.9 Å². The minimum Gasteiger partial charge on any atom is -0.495 e. The maximum Gasteiger partial charge on any atom is 0.406 e. The number of amides is 1. The van der Waals surface area contributed by atoms with Crippen LogP contribution in [0.2, 0.25) is 0 Å². The Morgan fingerprint density at radius 2 is 2.18 bits per heavy atom. The number of rotatable bonds is 11. The number of alkyl carbamates (subject to hydrolysis) is 1. The third kappa shape index (κ3) is 9.65. The molecule has 0 aromatic rings. The van der Waals surface area contributed by atoms with E-state index in [1.165, 1.54) is 7.11 Å². The third-order valence-corrected chi connectivity index (χ3v) is 3.16. The Kier molecular flexibility index (Phi) is 11.6. The number of alkyl halides is 1. The number of halogens is 1. The van der Waals surface area contributed by atoms with Crippen molar-refractivity contribution in [2.75, 3.05) is 45.8 Å². The van der Waals surface area contributed by atoms with Crippen LogP contribution in [0.15, 0.2) is 24.0 Å². The lowest BCUT2D eigenvalue weighted by atomic mass is 10.2. The number of allylic oxidation sites excluding steroid dienone is 1. The molecular formula is C15H28ClN3O3. The van der Waals surface area contributed by atoms with E-state index in [2.05, 4.69) is 35.4 Å². The van der Waals surface area contributed by atoms with Crippen molar-refractivity contribution < 1.29 is 14.3 Å². The van der Waals surface area contributed by atoms with Crippen molar-refractivity contribution in [1.82, 2.24) is 10.2 Å². The lowest BCUT2D eigenvalue weighted by molar-refractivity contribution is 0.162. The number of nitrogens with two attached hydrogens (primary N) is 1. The number of nitrogens with one attached hydrogen (secondary N) is 1. The molecule has 3 N–H and O–H groups in total. The first-order chi connectivity index (χ1) is 10.4. The Balaban J connectivity index is 4.31. The number of nitrogens with zero attached hydrogens (tertiary/aromatic N) is 1. The summed E-state index contributed by atoms with van der Waals surface area (Å²) in [6.07, 6.45) is 1.34. The molecule has 0 saturated heterocycles. The molecule has 0 spiro atoms. The van der Waals surface area contributed by atoms with Crippen LogP contribution in [0.3, 0.4) is 0 Å². The summed E-state index contributed by atoms with van der Waals surface area (Å²) in [6, 6.07) is 0.387. The number of hydrogen-bond acceptors (Lipinski definition) is 5. The molecule has 0 saturated carbocycles. The van der Waals surface area contributed by atoms with E-state index in [4.69, 9.17) is 22.1 Å². The van der Waals surface area contributed by atoms with Crippen LogP contribution in [-0.4, -0.2) is 62.8 Å². The highest BCUT2D eigenvalue weighted by Crippen LogP contribution is 2.08. The predicted octanol–water partition coefficient (Wildman–Crippen LogP) is 1.71. The summed E-state index contributed by atoms with van der Waals surface area (Å²) in [5.41, 5.74) is 6.51. The topological polar surface area (TPSA) is 76.8 Å². The maximum absolute atomic E-state index is 10.9. The van der Waals surface area contributed by atoms with E-state index >= 15 is 0 Å². The molecule has 0 atom stereocenters. The fourth-order valence-corrected chi connectivity index (χ4v) is 1.90. The summed E-state index contributed by atoms with van der Waals surface area (Å²) < 4.78 is 9.97. The molecule has 128 valence electrons. The highest BCUT2D eigenvalue weighted by atomic mass is 35.5. The van der Waals surface area contributed by atoms with E-state index in [1.807, 2.05) is 6.08 Å². The number of carbonyl (C=O) groups excluding carboxylic acids is 1. The van der Waals surface area contributed by atoms with Gasteiger partial charge in [-0.15, -0.1) is 11.6 Å². The van der Waals surface area contributed by atoms with Gasteiger partial charge in [-0.2, -0.15) is 0 Å². The molecule has 0 unspecified atom stereocenters. The van der Waals surface area contributed by atoms with E-state index in [0.717, 1.165) is 12.1 Å². The third-order valence-electron chi connectivity index (χ3n) is 2.89. The molecule has 0 bridgehead atoms. The van der Waals surface area contributed by atoms with Crippen LogP contribution in [0.5, 0.6) is 0 Å².